The molecule has 6 nitrogen and oxygen atoms in total. The van der Waals surface area contributed by atoms with E-state index < -0.39 is 11.9 Å². The number of anilines is 1. The van der Waals surface area contributed by atoms with E-state index >= 15 is 0 Å². The van der Waals surface area contributed by atoms with Crippen molar-refractivity contribution in [2.24, 2.45) is 0 Å². The van der Waals surface area contributed by atoms with Gasteiger partial charge in [-0.25, -0.2) is 13.9 Å². The van der Waals surface area contributed by atoms with Gasteiger partial charge in [0.2, 0.25) is 0 Å². The van der Waals surface area contributed by atoms with Crippen molar-refractivity contribution in [1.29, 1.82) is 0 Å². The lowest BCUT2D eigenvalue weighted by atomic mass is 10.2. The van der Waals surface area contributed by atoms with Gasteiger partial charge in [-0.15, -0.1) is 0 Å². The number of benzene rings is 1. The summed E-state index contributed by atoms with van der Waals surface area (Å²) in [4.78, 5) is 13.5. The van der Waals surface area contributed by atoms with Crippen LogP contribution in [0.15, 0.2) is 24.3 Å². The molecule has 2 N–H and O–H groups in total. The SMILES string of the molecule is Cc1cc(C)n(-c2ccc(NC(=O)N(C)CCC(C)O)cc2F)n1. The maximum absolute atomic E-state index is 14.4. The minimum Gasteiger partial charge on any atom is -0.393 e. The summed E-state index contributed by atoms with van der Waals surface area (Å²) in [5.74, 6) is -0.467. The van der Waals surface area contributed by atoms with Crippen molar-refractivity contribution in [3.63, 3.8) is 0 Å². The Labute approximate surface area is 140 Å². The molecule has 1 aromatic heterocycles. The number of amides is 2. The Kier molecular flexibility index (Phi) is 5.56. The summed E-state index contributed by atoms with van der Waals surface area (Å²) in [5.41, 5.74) is 2.35. The number of aryl methyl sites for hydroxylation is 2. The highest BCUT2D eigenvalue weighted by molar-refractivity contribution is 5.89. The third-order valence-electron chi connectivity index (χ3n) is 3.67. The Bertz CT molecular complexity index is 727. The van der Waals surface area contributed by atoms with E-state index in [2.05, 4.69) is 10.4 Å². The first-order chi connectivity index (χ1) is 11.3. The fourth-order valence-electron chi connectivity index (χ4n) is 2.33. The van der Waals surface area contributed by atoms with Gasteiger partial charge in [0, 0.05) is 25.0 Å². The van der Waals surface area contributed by atoms with Crippen LogP contribution in [0.2, 0.25) is 0 Å². The summed E-state index contributed by atoms with van der Waals surface area (Å²) in [5, 5.41) is 16.2. The van der Waals surface area contributed by atoms with Gasteiger partial charge in [0.15, 0.2) is 5.82 Å². The Hall–Kier alpha value is -2.41. The molecular weight excluding hydrogens is 311 g/mol. The number of carbonyl (C=O) groups excluding carboxylic acids is 1. The molecule has 0 aliphatic carbocycles. The van der Waals surface area contributed by atoms with Crippen molar-refractivity contribution in [2.45, 2.75) is 33.3 Å². The Morgan fingerprint density at radius 1 is 1.42 bits per heavy atom. The van der Waals surface area contributed by atoms with Crippen molar-refractivity contribution in [1.82, 2.24) is 14.7 Å². The molecule has 0 radical (unpaired) electrons. The maximum Gasteiger partial charge on any atom is 0.321 e. The molecule has 0 aliphatic heterocycles. The van der Waals surface area contributed by atoms with E-state index in [0.29, 0.717) is 24.3 Å². The average Bonchev–Trinajstić information content (AvgIpc) is 2.83. The molecule has 2 aromatic rings. The van der Waals surface area contributed by atoms with Crippen molar-refractivity contribution >= 4 is 11.7 Å². The molecule has 0 spiro atoms. The van der Waals surface area contributed by atoms with Crippen LogP contribution < -0.4 is 5.32 Å². The third kappa shape index (κ3) is 4.32. The molecule has 2 rings (SSSR count). The normalized spacial score (nSPS) is 12.1. The van der Waals surface area contributed by atoms with E-state index in [1.165, 1.54) is 15.6 Å². The second-order valence-corrected chi connectivity index (χ2v) is 5.99. The quantitative estimate of drug-likeness (QED) is 0.883. The van der Waals surface area contributed by atoms with E-state index in [4.69, 9.17) is 0 Å². The van der Waals surface area contributed by atoms with E-state index in [1.807, 2.05) is 19.9 Å². The number of aliphatic hydroxyl groups excluding tert-OH is 1. The number of carbonyl (C=O) groups is 1. The monoisotopic (exact) mass is 334 g/mol. The molecule has 1 atom stereocenters. The Balaban J connectivity index is 2.09. The van der Waals surface area contributed by atoms with Gasteiger partial charge in [0.05, 0.1) is 11.8 Å². The molecule has 0 saturated carbocycles. The van der Waals surface area contributed by atoms with E-state index in [9.17, 15) is 14.3 Å². The van der Waals surface area contributed by atoms with Gasteiger partial charge in [-0.2, -0.15) is 5.10 Å². The number of rotatable bonds is 5. The fourth-order valence-corrected chi connectivity index (χ4v) is 2.33. The molecule has 0 saturated heterocycles. The van der Waals surface area contributed by atoms with Crippen molar-refractivity contribution < 1.29 is 14.3 Å². The van der Waals surface area contributed by atoms with Crippen LogP contribution in [-0.4, -0.2) is 45.5 Å². The largest absolute Gasteiger partial charge is 0.393 e. The molecule has 1 heterocycles. The van der Waals surface area contributed by atoms with Crippen LogP contribution >= 0.6 is 0 Å². The topological polar surface area (TPSA) is 70.4 Å². The average molecular weight is 334 g/mol. The summed E-state index contributed by atoms with van der Waals surface area (Å²) in [6, 6.07) is 6.00. The standard InChI is InChI=1S/C17H23FN4O2/c1-11-9-12(2)22(20-11)16-6-5-14(10-15(16)18)19-17(24)21(4)8-7-13(3)23/h5-6,9-10,13,23H,7-8H2,1-4H3,(H,19,24). The smallest absolute Gasteiger partial charge is 0.321 e. The second-order valence-electron chi connectivity index (χ2n) is 5.99. The summed E-state index contributed by atoms with van der Waals surface area (Å²) in [6.07, 6.45) is 0.00699. The first kappa shape index (κ1) is 17.9. The molecule has 1 aromatic carbocycles. The van der Waals surface area contributed by atoms with Crippen molar-refractivity contribution in [3.8, 4) is 5.69 Å². The zero-order valence-corrected chi connectivity index (χ0v) is 14.4. The molecule has 1 unspecified atom stereocenters. The number of nitrogens with one attached hydrogen (secondary N) is 1. The zero-order valence-electron chi connectivity index (χ0n) is 14.4. The van der Waals surface area contributed by atoms with Crippen LogP contribution in [0.1, 0.15) is 24.7 Å². The number of hydrogen-bond acceptors (Lipinski definition) is 3. The number of nitrogens with zero attached hydrogens (tertiary/aromatic N) is 3. The molecule has 24 heavy (non-hydrogen) atoms. The molecule has 2 amide bonds. The lowest BCUT2D eigenvalue weighted by Crippen LogP contribution is -2.33. The summed E-state index contributed by atoms with van der Waals surface area (Å²) in [6.45, 7) is 5.78. The highest BCUT2D eigenvalue weighted by Gasteiger charge is 2.13. The lowest BCUT2D eigenvalue weighted by Gasteiger charge is -2.19. The van der Waals surface area contributed by atoms with Gasteiger partial charge >= 0.3 is 6.03 Å². The summed E-state index contributed by atoms with van der Waals surface area (Å²) in [7, 11) is 1.62. The van der Waals surface area contributed by atoms with Crippen LogP contribution in [0.25, 0.3) is 5.69 Å². The number of hydrogen-bond donors (Lipinski definition) is 2. The van der Waals surface area contributed by atoms with Crippen LogP contribution in [0.4, 0.5) is 14.9 Å². The molecule has 130 valence electrons. The Morgan fingerprint density at radius 3 is 2.67 bits per heavy atom. The highest BCUT2D eigenvalue weighted by Crippen LogP contribution is 2.20. The predicted molar refractivity (Wildman–Crippen MR) is 90.9 cm³/mol. The van der Waals surface area contributed by atoms with E-state index in [-0.39, 0.29) is 6.03 Å². The number of halogens is 1. The predicted octanol–water partition coefficient (Wildman–Crippen LogP) is 2.86. The molecular formula is C17H23FN4O2. The van der Waals surface area contributed by atoms with Gasteiger partial charge in [0.1, 0.15) is 5.69 Å². The van der Waals surface area contributed by atoms with Crippen LogP contribution in [0.5, 0.6) is 0 Å². The number of urea groups is 1. The minimum absolute atomic E-state index is 0.334. The van der Waals surface area contributed by atoms with E-state index in [0.717, 1.165) is 11.4 Å². The van der Waals surface area contributed by atoms with Crippen LogP contribution in [0, 0.1) is 19.7 Å². The fraction of sp³-hybridized carbons (Fsp3) is 0.412. The summed E-state index contributed by atoms with van der Waals surface area (Å²) >= 11 is 0. The van der Waals surface area contributed by atoms with Gasteiger partial charge in [-0.3, -0.25) is 0 Å². The highest BCUT2D eigenvalue weighted by atomic mass is 19.1. The first-order valence-corrected chi connectivity index (χ1v) is 7.81. The molecule has 0 bridgehead atoms. The Morgan fingerprint density at radius 2 is 2.12 bits per heavy atom. The van der Waals surface area contributed by atoms with Gasteiger partial charge in [0.25, 0.3) is 0 Å². The number of aromatic nitrogens is 2. The van der Waals surface area contributed by atoms with Gasteiger partial charge in [-0.1, -0.05) is 0 Å². The molecule has 0 fully saturated rings. The van der Waals surface area contributed by atoms with Gasteiger partial charge in [-0.05, 0) is 51.5 Å². The van der Waals surface area contributed by atoms with Crippen LogP contribution in [-0.2, 0) is 0 Å². The summed E-state index contributed by atoms with van der Waals surface area (Å²) < 4.78 is 15.9. The number of aliphatic hydroxyl groups is 1. The van der Waals surface area contributed by atoms with Crippen molar-refractivity contribution in [3.05, 3.63) is 41.5 Å². The van der Waals surface area contributed by atoms with Crippen LogP contribution in [0.3, 0.4) is 0 Å². The maximum atomic E-state index is 14.4. The van der Waals surface area contributed by atoms with Crippen molar-refractivity contribution in [2.75, 3.05) is 18.9 Å². The second kappa shape index (κ2) is 7.44. The third-order valence-corrected chi connectivity index (χ3v) is 3.67. The zero-order chi connectivity index (χ0) is 17.9. The van der Waals surface area contributed by atoms with Gasteiger partial charge < -0.3 is 15.3 Å². The molecule has 0 aliphatic rings. The molecule has 7 heteroatoms. The van der Waals surface area contributed by atoms with E-state index in [1.54, 1.807) is 26.1 Å². The first-order valence-electron chi connectivity index (χ1n) is 7.81. The minimum atomic E-state index is -0.474. The lowest BCUT2D eigenvalue weighted by molar-refractivity contribution is 0.167.